The van der Waals surface area contributed by atoms with Crippen molar-refractivity contribution in [3.8, 4) is 0 Å². The third-order valence-corrected chi connectivity index (χ3v) is 6.23. The maximum absolute atomic E-state index is 12.7. The maximum Gasteiger partial charge on any atom is 0.253 e. The van der Waals surface area contributed by atoms with Crippen molar-refractivity contribution < 1.29 is 9.59 Å². The molecule has 4 rings (SSSR count). The molecule has 0 atom stereocenters. The van der Waals surface area contributed by atoms with Gasteiger partial charge in [-0.25, -0.2) is 0 Å². The van der Waals surface area contributed by atoms with Gasteiger partial charge in [0.05, 0.1) is 0 Å². The van der Waals surface area contributed by atoms with Crippen LogP contribution in [0.25, 0.3) is 0 Å². The molecule has 5 nitrogen and oxygen atoms in total. The Hall–Kier alpha value is -2.50. The van der Waals surface area contributed by atoms with Crippen LogP contribution in [0.1, 0.15) is 44.7 Å². The number of benzene rings is 2. The minimum atomic E-state index is 0.115. The molecule has 158 valence electrons. The highest BCUT2D eigenvalue weighted by molar-refractivity contribution is 5.96. The fourth-order valence-corrected chi connectivity index (χ4v) is 4.39. The average molecular weight is 406 g/mol. The van der Waals surface area contributed by atoms with Crippen LogP contribution in [0, 0.1) is 0 Å². The Morgan fingerprint density at radius 2 is 1.57 bits per heavy atom. The zero-order valence-corrected chi connectivity index (χ0v) is 17.6. The molecule has 2 aliphatic rings. The first-order valence-corrected chi connectivity index (χ1v) is 11.1. The molecule has 0 aliphatic carbocycles. The van der Waals surface area contributed by atoms with Crippen LogP contribution in [0.3, 0.4) is 0 Å². The van der Waals surface area contributed by atoms with E-state index in [1.165, 1.54) is 11.1 Å². The summed E-state index contributed by atoms with van der Waals surface area (Å²) in [5.41, 5.74) is 4.31. The first kappa shape index (κ1) is 20.8. The number of hydrogen-bond acceptors (Lipinski definition) is 4. The largest absolute Gasteiger partial charge is 0.336 e. The third kappa shape index (κ3) is 5.15. The summed E-state index contributed by atoms with van der Waals surface area (Å²) < 4.78 is 0. The highest BCUT2D eigenvalue weighted by Crippen LogP contribution is 2.17. The highest BCUT2D eigenvalue weighted by atomic mass is 16.2. The van der Waals surface area contributed by atoms with Gasteiger partial charge < -0.3 is 10.2 Å². The molecule has 1 N–H and O–H groups in total. The summed E-state index contributed by atoms with van der Waals surface area (Å²) in [5, 5.41) is 3.42. The highest BCUT2D eigenvalue weighted by Gasteiger charge is 2.22. The van der Waals surface area contributed by atoms with Gasteiger partial charge in [0.1, 0.15) is 0 Å². The van der Waals surface area contributed by atoms with E-state index in [2.05, 4.69) is 22.3 Å². The van der Waals surface area contributed by atoms with E-state index >= 15 is 0 Å². The second-order valence-electron chi connectivity index (χ2n) is 8.26. The molecular formula is C25H31N3O2. The first-order valence-electron chi connectivity index (χ1n) is 11.1. The first-order chi connectivity index (χ1) is 14.7. The van der Waals surface area contributed by atoms with Gasteiger partial charge in [0.2, 0.25) is 0 Å². The molecule has 2 aromatic carbocycles. The summed E-state index contributed by atoms with van der Waals surface area (Å²) in [7, 11) is 0. The zero-order valence-electron chi connectivity index (χ0n) is 17.6. The Labute approximate surface area is 179 Å². The van der Waals surface area contributed by atoms with Crippen molar-refractivity contribution >= 4 is 11.7 Å². The van der Waals surface area contributed by atoms with Crippen LogP contribution in [-0.2, 0) is 12.8 Å². The molecule has 0 spiro atoms. The second kappa shape index (κ2) is 10.0. The smallest absolute Gasteiger partial charge is 0.253 e. The number of rotatable bonds is 6. The molecule has 30 heavy (non-hydrogen) atoms. The van der Waals surface area contributed by atoms with E-state index in [0.717, 1.165) is 76.2 Å². The monoisotopic (exact) mass is 405 g/mol. The molecule has 0 bridgehead atoms. The lowest BCUT2D eigenvalue weighted by Gasteiger charge is -2.34. The molecule has 1 fully saturated rings. The summed E-state index contributed by atoms with van der Waals surface area (Å²) >= 11 is 0. The minimum absolute atomic E-state index is 0.115. The molecule has 2 aliphatic heterocycles. The van der Waals surface area contributed by atoms with Crippen molar-refractivity contribution in [2.75, 3.05) is 45.8 Å². The maximum atomic E-state index is 12.7. The predicted molar refractivity (Wildman–Crippen MR) is 119 cm³/mol. The van der Waals surface area contributed by atoms with Crippen LogP contribution in [0.15, 0.2) is 48.5 Å². The van der Waals surface area contributed by atoms with Gasteiger partial charge in [-0.3, -0.25) is 14.5 Å². The van der Waals surface area contributed by atoms with E-state index < -0.39 is 0 Å². The Morgan fingerprint density at radius 1 is 0.833 bits per heavy atom. The van der Waals surface area contributed by atoms with Gasteiger partial charge in [-0.1, -0.05) is 30.3 Å². The van der Waals surface area contributed by atoms with Gasteiger partial charge in [-0.05, 0) is 68.2 Å². The number of hydrogen-bond donors (Lipinski definition) is 1. The number of nitrogens with one attached hydrogen (secondary N) is 1. The SMILES string of the molecule is O=C(CCCN1CCN(C(=O)c2ccccc2)CC1)c1ccc2c(c1)CCNCC2. The minimum Gasteiger partial charge on any atom is -0.336 e. The molecule has 2 heterocycles. The molecular weight excluding hydrogens is 374 g/mol. The molecule has 0 aromatic heterocycles. The lowest BCUT2D eigenvalue weighted by molar-refractivity contribution is 0.0635. The standard InChI is InChI=1S/C25H31N3O2/c29-24(23-9-8-20-10-12-26-13-11-22(20)19-23)7-4-14-27-15-17-28(18-16-27)25(30)21-5-2-1-3-6-21/h1-3,5-6,8-9,19,26H,4,7,10-18H2. The van der Waals surface area contributed by atoms with Gasteiger partial charge in [-0.2, -0.15) is 0 Å². The van der Waals surface area contributed by atoms with Crippen LogP contribution < -0.4 is 5.32 Å². The number of fused-ring (bicyclic) bond motifs is 1. The van der Waals surface area contributed by atoms with E-state index in [4.69, 9.17) is 0 Å². The number of carbonyl (C=O) groups excluding carboxylic acids is 2. The predicted octanol–water partition coefficient (Wildman–Crippen LogP) is 2.80. The molecule has 2 aromatic rings. The molecule has 0 saturated carbocycles. The van der Waals surface area contributed by atoms with Gasteiger partial charge in [-0.15, -0.1) is 0 Å². The lowest BCUT2D eigenvalue weighted by atomic mass is 9.97. The Morgan fingerprint density at radius 3 is 2.33 bits per heavy atom. The van der Waals surface area contributed by atoms with Crippen molar-refractivity contribution in [2.45, 2.75) is 25.7 Å². The van der Waals surface area contributed by atoms with Gasteiger partial charge in [0.15, 0.2) is 5.78 Å². The van der Waals surface area contributed by atoms with Crippen LogP contribution in [-0.4, -0.2) is 67.3 Å². The molecule has 5 heteroatoms. The topological polar surface area (TPSA) is 52.7 Å². The van der Waals surface area contributed by atoms with Gasteiger partial charge >= 0.3 is 0 Å². The van der Waals surface area contributed by atoms with Gasteiger partial charge in [0.25, 0.3) is 5.91 Å². The number of ketones is 1. The van der Waals surface area contributed by atoms with Crippen LogP contribution in [0.4, 0.5) is 0 Å². The Bertz CT molecular complexity index is 873. The number of carbonyl (C=O) groups is 2. The quantitative estimate of drug-likeness (QED) is 0.751. The van der Waals surface area contributed by atoms with Crippen molar-refractivity contribution in [3.05, 3.63) is 70.8 Å². The molecule has 1 saturated heterocycles. The van der Waals surface area contributed by atoms with Crippen LogP contribution >= 0.6 is 0 Å². The Balaban J connectivity index is 1.21. The number of amides is 1. The number of nitrogens with zero attached hydrogens (tertiary/aromatic N) is 2. The van der Waals surface area contributed by atoms with E-state index in [1.54, 1.807) is 0 Å². The fourth-order valence-electron chi connectivity index (χ4n) is 4.39. The van der Waals surface area contributed by atoms with Crippen LogP contribution in [0.5, 0.6) is 0 Å². The van der Waals surface area contributed by atoms with E-state index in [1.807, 2.05) is 41.3 Å². The van der Waals surface area contributed by atoms with Crippen molar-refractivity contribution in [1.29, 1.82) is 0 Å². The Kier molecular flexibility index (Phi) is 6.92. The second-order valence-corrected chi connectivity index (χ2v) is 8.26. The summed E-state index contributed by atoms with van der Waals surface area (Å²) in [5.74, 6) is 0.358. The van der Waals surface area contributed by atoms with E-state index in [-0.39, 0.29) is 11.7 Å². The molecule has 0 radical (unpaired) electrons. The van der Waals surface area contributed by atoms with E-state index in [0.29, 0.717) is 6.42 Å². The zero-order chi connectivity index (χ0) is 20.8. The van der Waals surface area contributed by atoms with Crippen molar-refractivity contribution in [3.63, 3.8) is 0 Å². The molecule has 1 amide bonds. The van der Waals surface area contributed by atoms with Gasteiger partial charge in [0, 0.05) is 43.7 Å². The normalized spacial score (nSPS) is 17.3. The van der Waals surface area contributed by atoms with E-state index in [9.17, 15) is 9.59 Å². The summed E-state index contributed by atoms with van der Waals surface area (Å²) in [6.45, 7) is 6.17. The number of piperazine rings is 1. The number of Topliss-reactive ketones (excluding diaryl/α,β-unsaturated/α-hetero) is 1. The summed E-state index contributed by atoms with van der Waals surface area (Å²) in [6.07, 6.45) is 3.50. The fraction of sp³-hybridized carbons (Fsp3) is 0.440. The summed E-state index contributed by atoms with van der Waals surface area (Å²) in [4.78, 5) is 29.5. The average Bonchev–Trinajstić information content (AvgIpc) is 3.04. The van der Waals surface area contributed by atoms with Crippen molar-refractivity contribution in [2.24, 2.45) is 0 Å². The third-order valence-electron chi connectivity index (χ3n) is 6.23. The summed E-state index contributed by atoms with van der Waals surface area (Å²) in [6, 6.07) is 15.7. The van der Waals surface area contributed by atoms with Crippen LogP contribution in [0.2, 0.25) is 0 Å². The molecule has 0 unspecified atom stereocenters. The van der Waals surface area contributed by atoms with Crippen molar-refractivity contribution in [1.82, 2.24) is 15.1 Å². The lowest BCUT2D eigenvalue weighted by Crippen LogP contribution is -2.48.